The Morgan fingerprint density at radius 1 is 1.11 bits per heavy atom. The first-order valence-corrected chi connectivity index (χ1v) is 9.58. The lowest BCUT2D eigenvalue weighted by molar-refractivity contribution is -0.132. The van der Waals surface area contributed by atoms with E-state index in [0.29, 0.717) is 19.5 Å². The van der Waals surface area contributed by atoms with Crippen molar-refractivity contribution in [2.75, 3.05) is 6.54 Å². The van der Waals surface area contributed by atoms with Crippen LogP contribution in [0.25, 0.3) is 11.0 Å². The molecule has 1 saturated heterocycles. The summed E-state index contributed by atoms with van der Waals surface area (Å²) in [5, 5.41) is 0. The minimum Gasteiger partial charge on any atom is -0.336 e. The number of imidazole rings is 1. The molecule has 0 radical (unpaired) electrons. The van der Waals surface area contributed by atoms with E-state index in [1.54, 1.807) is 21.5 Å². The molecule has 1 atom stereocenters. The van der Waals surface area contributed by atoms with E-state index in [-0.39, 0.29) is 17.6 Å². The van der Waals surface area contributed by atoms with Crippen LogP contribution in [0.1, 0.15) is 37.8 Å². The first-order valence-electron chi connectivity index (χ1n) is 9.58. The van der Waals surface area contributed by atoms with Crippen molar-refractivity contribution < 1.29 is 4.79 Å². The fraction of sp³-hybridized carbons (Fsp3) is 0.381. The predicted octanol–water partition coefficient (Wildman–Crippen LogP) is 2.97. The minimum atomic E-state index is -0.0430. The lowest BCUT2D eigenvalue weighted by atomic mass is 10.1. The van der Waals surface area contributed by atoms with E-state index in [4.69, 9.17) is 0 Å². The Morgan fingerprint density at radius 3 is 2.52 bits per heavy atom. The second kappa shape index (κ2) is 7.39. The molecule has 6 heteroatoms. The normalized spacial score (nSPS) is 16.9. The molecule has 0 spiro atoms. The van der Waals surface area contributed by atoms with E-state index in [9.17, 15) is 9.59 Å². The summed E-state index contributed by atoms with van der Waals surface area (Å²) in [5.74, 6) is 0.106. The fourth-order valence-corrected chi connectivity index (χ4v) is 4.14. The zero-order valence-corrected chi connectivity index (χ0v) is 15.5. The van der Waals surface area contributed by atoms with Gasteiger partial charge in [-0.05, 0) is 49.6 Å². The third kappa shape index (κ3) is 3.16. The Balaban J connectivity index is 1.54. The molecule has 1 fully saturated rings. The highest BCUT2D eigenvalue weighted by molar-refractivity contribution is 5.78. The number of hydrogen-bond donors (Lipinski definition) is 0. The number of carbonyl (C=O) groups is 1. The van der Waals surface area contributed by atoms with E-state index in [2.05, 4.69) is 4.98 Å². The number of rotatable bonds is 5. The van der Waals surface area contributed by atoms with Crippen molar-refractivity contribution in [3.8, 4) is 0 Å². The van der Waals surface area contributed by atoms with Crippen molar-refractivity contribution in [1.29, 1.82) is 0 Å². The number of fused-ring (bicyclic) bond motifs is 1. The summed E-state index contributed by atoms with van der Waals surface area (Å²) in [6.07, 6.45) is 5.86. The van der Waals surface area contributed by atoms with Crippen molar-refractivity contribution >= 4 is 16.9 Å². The van der Waals surface area contributed by atoms with Crippen LogP contribution in [0, 0.1) is 0 Å². The molecule has 3 heterocycles. The summed E-state index contributed by atoms with van der Waals surface area (Å²) in [6.45, 7) is 3.77. The van der Waals surface area contributed by atoms with Gasteiger partial charge < -0.3 is 4.90 Å². The smallest absolute Gasteiger partial charge is 0.329 e. The van der Waals surface area contributed by atoms with Gasteiger partial charge in [0.15, 0.2) is 0 Å². The summed E-state index contributed by atoms with van der Waals surface area (Å²) in [5.41, 5.74) is 2.91. The van der Waals surface area contributed by atoms with Gasteiger partial charge in [-0.2, -0.15) is 0 Å². The second-order valence-corrected chi connectivity index (χ2v) is 6.94. The van der Waals surface area contributed by atoms with Crippen LogP contribution in [-0.4, -0.2) is 31.5 Å². The molecule has 27 heavy (non-hydrogen) atoms. The van der Waals surface area contributed by atoms with Gasteiger partial charge in [-0.3, -0.25) is 18.9 Å². The largest absolute Gasteiger partial charge is 0.336 e. The topological polar surface area (TPSA) is 60.1 Å². The third-order valence-electron chi connectivity index (χ3n) is 5.45. The average molecular weight is 364 g/mol. The molecule has 0 aliphatic carbocycles. The Labute approximate surface area is 158 Å². The number of para-hydroxylation sites is 2. The number of pyridine rings is 1. The van der Waals surface area contributed by atoms with E-state index in [0.717, 1.165) is 36.0 Å². The Bertz CT molecular complexity index is 1010. The van der Waals surface area contributed by atoms with Crippen molar-refractivity contribution in [2.24, 2.45) is 0 Å². The maximum Gasteiger partial charge on any atom is 0.329 e. The minimum absolute atomic E-state index is 0.0430. The molecule has 1 aliphatic rings. The highest BCUT2D eigenvalue weighted by Gasteiger charge is 2.29. The molecule has 1 aliphatic heterocycles. The van der Waals surface area contributed by atoms with Gasteiger partial charge in [0.25, 0.3) is 0 Å². The second-order valence-electron chi connectivity index (χ2n) is 6.94. The van der Waals surface area contributed by atoms with Gasteiger partial charge in [-0.1, -0.05) is 12.1 Å². The number of aryl methyl sites for hydroxylation is 2. The maximum atomic E-state index is 12.9. The first kappa shape index (κ1) is 17.5. The average Bonchev–Trinajstić information content (AvgIpc) is 3.29. The van der Waals surface area contributed by atoms with Crippen LogP contribution in [0.4, 0.5) is 0 Å². The highest BCUT2D eigenvalue weighted by atomic mass is 16.2. The molecular weight excluding hydrogens is 340 g/mol. The number of amides is 1. The number of carbonyl (C=O) groups excluding carboxylic acids is 1. The SMILES string of the molecule is CCn1c(=O)n(CCC(=O)N2CCCC2c2ccncc2)c2ccccc21. The molecule has 1 amide bonds. The van der Waals surface area contributed by atoms with E-state index in [1.807, 2.05) is 48.2 Å². The van der Waals surface area contributed by atoms with Crippen molar-refractivity contribution in [3.05, 3.63) is 64.8 Å². The quantitative estimate of drug-likeness (QED) is 0.699. The van der Waals surface area contributed by atoms with Gasteiger partial charge in [0.1, 0.15) is 0 Å². The molecule has 4 rings (SSSR count). The monoisotopic (exact) mass is 364 g/mol. The molecule has 1 unspecified atom stereocenters. The standard InChI is InChI=1S/C21H24N4O2/c1-2-23-18-6-3-4-7-19(18)25(21(23)27)15-11-20(26)24-14-5-8-17(24)16-9-12-22-13-10-16/h3-4,6-7,9-10,12-13,17H,2,5,8,11,14-15H2,1H3. The predicted molar refractivity (Wildman–Crippen MR) is 104 cm³/mol. The van der Waals surface area contributed by atoms with Gasteiger partial charge in [-0.25, -0.2) is 4.79 Å². The van der Waals surface area contributed by atoms with Gasteiger partial charge in [0, 0.05) is 38.4 Å². The van der Waals surface area contributed by atoms with Gasteiger partial charge >= 0.3 is 5.69 Å². The molecule has 0 bridgehead atoms. The number of hydrogen-bond acceptors (Lipinski definition) is 3. The van der Waals surface area contributed by atoms with E-state index < -0.39 is 0 Å². The molecular formula is C21H24N4O2. The van der Waals surface area contributed by atoms with E-state index in [1.165, 1.54) is 0 Å². The van der Waals surface area contributed by atoms with Gasteiger partial charge in [0.05, 0.1) is 17.1 Å². The van der Waals surface area contributed by atoms with Crippen molar-refractivity contribution in [3.63, 3.8) is 0 Å². The Hall–Kier alpha value is -2.89. The lowest BCUT2D eigenvalue weighted by Gasteiger charge is -2.25. The van der Waals surface area contributed by atoms with Gasteiger partial charge in [-0.15, -0.1) is 0 Å². The molecule has 3 aromatic rings. The zero-order valence-electron chi connectivity index (χ0n) is 15.5. The molecule has 0 saturated carbocycles. The number of likely N-dealkylation sites (tertiary alicyclic amines) is 1. The van der Waals surface area contributed by atoms with Crippen LogP contribution in [0.2, 0.25) is 0 Å². The number of aromatic nitrogens is 3. The Kier molecular flexibility index (Phi) is 4.79. The third-order valence-corrected chi connectivity index (χ3v) is 5.45. The first-order chi connectivity index (χ1) is 13.2. The molecule has 140 valence electrons. The number of benzene rings is 1. The summed E-state index contributed by atoms with van der Waals surface area (Å²) < 4.78 is 3.49. The molecule has 2 aromatic heterocycles. The zero-order chi connectivity index (χ0) is 18.8. The van der Waals surface area contributed by atoms with Crippen molar-refractivity contribution in [1.82, 2.24) is 19.0 Å². The number of nitrogens with zero attached hydrogens (tertiary/aromatic N) is 4. The molecule has 6 nitrogen and oxygen atoms in total. The molecule has 1 aromatic carbocycles. The maximum absolute atomic E-state index is 12.9. The van der Waals surface area contributed by atoms with Crippen LogP contribution >= 0.6 is 0 Å². The van der Waals surface area contributed by atoms with Crippen LogP contribution in [-0.2, 0) is 17.9 Å². The summed E-state index contributed by atoms with van der Waals surface area (Å²) in [6, 6.07) is 11.9. The Morgan fingerprint density at radius 2 is 1.81 bits per heavy atom. The van der Waals surface area contributed by atoms with Crippen LogP contribution in [0.3, 0.4) is 0 Å². The fourth-order valence-electron chi connectivity index (χ4n) is 4.14. The lowest BCUT2D eigenvalue weighted by Crippen LogP contribution is -2.32. The van der Waals surface area contributed by atoms with Crippen LogP contribution < -0.4 is 5.69 Å². The van der Waals surface area contributed by atoms with E-state index >= 15 is 0 Å². The summed E-state index contributed by atoms with van der Waals surface area (Å²) >= 11 is 0. The van der Waals surface area contributed by atoms with Crippen LogP contribution in [0.15, 0.2) is 53.6 Å². The molecule has 0 N–H and O–H groups in total. The highest BCUT2D eigenvalue weighted by Crippen LogP contribution is 2.32. The summed E-state index contributed by atoms with van der Waals surface area (Å²) in [4.78, 5) is 31.7. The van der Waals surface area contributed by atoms with Gasteiger partial charge in [0.2, 0.25) is 5.91 Å². The summed E-state index contributed by atoms with van der Waals surface area (Å²) in [7, 11) is 0. The van der Waals surface area contributed by atoms with Crippen LogP contribution in [0.5, 0.6) is 0 Å². The van der Waals surface area contributed by atoms with Crippen molar-refractivity contribution in [2.45, 2.75) is 45.3 Å².